The Morgan fingerprint density at radius 3 is 2.83 bits per heavy atom. The van der Waals surface area contributed by atoms with Crippen LogP contribution in [-0.2, 0) is 16.1 Å². The molecule has 1 unspecified atom stereocenters. The predicted molar refractivity (Wildman–Crippen MR) is 58.6 cm³/mol. The molecule has 7 nitrogen and oxygen atoms in total. The van der Waals surface area contributed by atoms with Crippen molar-refractivity contribution < 1.29 is 23.9 Å². The van der Waals surface area contributed by atoms with Gasteiger partial charge in [0.2, 0.25) is 17.6 Å². The summed E-state index contributed by atoms with van der Waals surface area (Å²) < 4.78 is 4.98. The third-order valence-corrected chi connectivity index (χ3v) is 2.66. The van der Waals surface area contributed by atoms with Crippen molar-refractivity contribution >= 4 is 17.8 Å². The van der Waals surface area contributed by atoms with E-state index < -0.39 is 5.97 Å². The maximum atomic E-state index is 11.6. The van der Waals surface area contributed by atoms with E-state index in [0.717, 1.165) is 0 Å². The number of hydrogen-bond donors (Lipinski definition) is 3. The third-order valence-electron chi connectivity index (χ3n) is 2.66. The standard InChI is InChI=1S/C11H12N2O5/c14-9-3-6(4-12-9)10(15)13-5-7-1-2-8(18-7)11(16)17/h1-2,6H,3-5H2,(H,12,14)(H,13,15)(H,16,17). The molecule has 0 saturated carbocycles. The second-order valence-electron chi connectivity index (χ2n) is 3.99. The second kappa shape index (κ2) is 4.91. The molecule has 18 heavy (non-hydrogen) atoms. The first kappa shape index (κ1) is 12.2. The number of carbonyl (C=O) groups excluding carboxylic acids is 2. The summed E-state index contributed by atoms with van der Waals surface area (Å²) in [5.41, 5.74) is 0. The monoisotopic (exact) mass is 252 g/mol. The maximum absolute atomic E-state index is 11.6. The molecule has 2 heterocycles. The van der Waals surface area contributed by atoms with Gasteiger partial charge in [0.1, 0.15) is 5.76 Å². The molecule has 0 aliphatic carbocycles. The number of rotatable bonds is 4. The number of carboxylic acids is 1. The highest BCUT2D eigenvalue weighted by molar-refractivity contribution is 5.89. The van der Waals surface area contributed by atoms with Gasteiger partial charge in [-0.2, -0.15) is 0 Å². The Kier molecular flexibility index (Phi) is 3.31. The molecule has 1 saturated heterocycles. The summed E-state index contributed by atoms with van der Waals surface area (Å²) in [7, 11) is 0. The van der Waals surface area contributed by atoms with Crippen LogP contribution in [0, 0.1) is 5.92 Å². The summed E-state index contributed by atoms with van der Waals surface area (Å²) in [4.78, 5) is 33.1. The Bertz CT molecular complexity index is 493. The van der Waals surface area contributed by atoms with Gasteiger partial charge in [0.05, 0.1) is 12.5 Å². The van der Waals surface area contributed by atoms with Crippen LogP contribution in [0.1, 0.15) is 22.7 Å². The minimum atomic E-state index is -1.15. The normalized spacial score (nSPS) is 18.4. The highest BCUT2D eigenvalue weighted by atomic mass is 16.4. The molecule has 1 aliphatic heterocycles. The van der Waals surface area contributed by atoms with Gasteiger partial charge in [0, 0.05) is 13.0 Å². The van der Waals surface area contributed by atoms with Gasteiger partial charge in [-0.3, -0.25) is 9.59 Å². The van der Waals surface area contributed by atoms with Crippen LogP contribution < -0.4 is 10.6 Å². The number of amides is 2. The molecule has 1 aromatic heterocycles. The van der Waals surface area contributed by atoms with E-state index >= 15 is 0 Å². The van der Waals surface area contributed by atoms with Crippen molar-refractivity contribution in [3.63, 3.8) is 0 Å². The molecule has 1 aromatic rings. The predicted octanol–water partition coefficient (Wildman–Crippen LogP) is -0.270. The molecule has 3 N–H and O–H groups in total. The number of carbonyl (C=O) groups is 3. The average Bonchev–Trinajstić information content (AvgIpc) is 2.94. The van der Waals surface area contributed by atoms with Crippen molar-refractivity contribution in [1.82, 2.24) is 10.6 Å². The molecular weight excluding hydrogens is 240 g/mol. The van der Waals surface area contributed by atoms with E-state index in [9.17, 15) is 14.4 Å². The Morgan fingerprint density at radius 2 is 2.28 bits per heavy atom. The fraction of sp³-hybridized carbons (Fsp3) is 0.364. The minimum absolute atomic E-state index is 0.108. The molecule has 2 rings (SSSR count). The van der Waals surface area contributed by atoms with E-state index in [1.807, 2.05) is 0 Å². The van der Waals surface area contributed by atoms with Crippen LogP contribution in [0.5, 0.6) is 0 Å². The zero-order valence-corrected chi connectivity index (χ0v) is 9.43. The van der Waals surface area contributed by atoms with E-state index in [4.69, 9.17) is 9.52 Å². The lowest BCUT2D eigenvalue weighted by molar-refractivity contribution is -0.126. The van der Waals surface area contributed by atoms with Crippen LogP contribution in [-0.4, -0.2) is 29.4 Å². The molecule has 7 heteroatoms. The molecule has 0 spiro atoms. The van der Waals surface area contributed by atoms with Gasteiger partial charge in [-0.15, -0.1) is 0 Å². The molecule has 1 atom stereocenters. The molecular formula is C11H12N2O5. The van der Waals surface area contributed by atoms with Crippen molar-refractivity contribution in [2.75, 3.05) is 6.54 Å². The minimum Gasteiger partial charge on any atom is -0.475 e. The van der Waals surface area contributed by atoms with Crippen molar-refractivity contribution in [2.24, 2.45) is 5.92 Å². The molecule has 96 valence electrons. The van der Waals surface area contributed by atoms with Gasteiger partial charge >= 0.3 is 5.97 Å². The first-order chi connectivity index (χ1) is 8.56. The van der Waals surface area contributed by atoms with Gasteiger partial charge in [-0.25, -0.2) is 4.79 Å². The summed E-state index contributed by atoms with van der Waals surface area (Å²) in [6, 6.07) is 2.81. The molecule has 0 bridgehead atoms. The van der Waals surface area contributed by atoms with Crippen molar-refractivity contribution in [1.29, 1.82) is 0 Å². The van der Waals surface area contributed by atoms with Crippen LogP contribution in [0.15, 0.2) is 16.5 Å². The molecule has 1 fully saturated rings. The molecule has 0 radical (unpaired) electrons. The SMILES string of the molecule is O=C1CC(C(=O)NCc2ccc(C(=O)O)o2)CN1. The fourth-order valence-electron chi connectivity index (χ4n) is 1.70. The first-order valence-corrected chi connectivity index (χ1v) is 5.42. The number of hydrogen-bond acceptors (Lipinski definition) is 4. The van der Waals surface area contributed by atoms with E-state index in [2.05, 4.69) is 10.6 Å². The summed E-state index contributed by atoms with van der Waals surface area (Å²) in [5, 5.41) is 13.8. The van der Waals surface area contributed by atoms with Gasteiger partial charge in [0.25, 0.3) is 0 Å². The lowest BCUT2D eigenvalue weighted by Crippen LogP contribution is -2.31. The first-order valence-electron chi connectivity index (χ1n) is 5.42. The maximum Gasteiger partial charge on any atom is 0.371 e. The molecule has 0 aromatic carbocycles. The summed E-state index contributed by atoms with van der Waals surface area (Å²) in [5.74, 6) is -1.72. The highest BCUT2D eigenvalue weighted by Crippen LogP contribution is 2.10. The largest absolute Gasteiger partial charge is 0.475 e. The quantitative estimate of drug-likeness (QED) is 0.683. The van der Waals surface area contributed by atoms with E-state index in [1.165, 1.54) is 12.1 Å². The molecule has 2 amide bonds. The van der Waals surface area contributed by atoms with Crippen LogP contribution in [0.3, 0.4) is 0 Å². The van der Waals surface area contributed by atoms with Crippen molar-refractivity contribution in [3.05, 3.63) is 23.7 Å². The lowest BCUT2D eigenvalue weighted by Gasteiger charge is -2.07. The molecule has 1 aliphatic rings. The Labute approximate surface area is 102 Å². The van der Waals surface area contributed by atoms with Crippen molar-refractivity contribution in [3.8, 4) is 0 Å². The van der Waals surface area contributed by atoms with E-state index in [0.29, 0.717) is 12.3 Å². The third kappa shape index (κ3) is 2.68. The van der Waals surface area contributed by atoms with Gasteiger partial charge in [0.15, 0.2) is 0 Å². The lowest BCUT2D eigenvalue weighted by atomic mass is 10.1. The number of nitrogens with one attached hydrogen (secondary N) is 2. The van der Waals surface area contributed by atoms with Gasteiger partial charge in [-0.1, -0.05) is 0 Å². The Balaban J connectivity index is 1.85. The second-order valence-corrected chi connectivity index (χ2v) is 3.99. The average molecular weight is 252 g/mol. The zero-order chi connectivity index (χ0) is 13.1. The van der Waals surface area contributed by atoms with Gasteiger partial charge < -0.3 is 20.2 Å². The van der Waals surface area contributed by atoms with E-state index in [-0.39, 0.29) is 36.5 Å². The van der Waals surface area contributed by atoms with Crippen molar-refractivity contribution in [2.45, 2.75) is 13.0 Å². The number of carboxylic acid groups (broad SMARTS) is 1. The van der Waals surface area contributed by atoms with Crippen LogP contribution in [0.25, 0.3) is 0 Å². The smallest absolute Gasteiger partial charge is 0.371 e. The summed E-state index contributed by atoms with van der Waals surface area (Å²) in [6.45, 7) is 0.444. The zero-order valence-electron chi connectivity index (χ0n) is 9.43. The highest BCUT2D eigenvalue weighted by Gasteiger charge is 2.27. The topological polar surface area (TPSA) is 109 Å². The Hall–Kier alpha value is -2.31. The van der Waals surface area contributed by atoms with E-state index in [1.54, 1.807) is 0 Å². The fourth-order valence-corrected chi connectivity index (χ4v) is 1.70. The summed E-state index contributed by atoms with van der Waals surface area (Å²) in [6.07, 6.45) is 0.185. The van der Waals surface area contributed by atoms with Crippen LogP contribution in [0.2, 0.25) is 0 Å². The number of furan rings is 1. The van der Waals surface area contributed by atoms with Gasteiger partial charge in [-0.05, 0) is 12.1 Å². The summed E-state index contributed by atoms with van der Waals surface area (Å²) >= 11 is 0. The van der Waals surface area contributed by atoms with Crippen LogP contribution >= 0.6 is 0 Å². The van der Waals surface area contributed by atoms with Crippen LogP contribution in [0.4, 0.5) is 0 Å². The Morgan fingerprint density at radius 1 is 1.50 bits per heavy atom. The number of aromatic carboxylic acids is 1.